The molecule has 0 spiro atoms. The average molecular weight is 205 g/mol. The van der Waals surface area contributed by atoms with Gasteiger partial charge in [0.15, 0.2) is 0 Å². The van der Waals surface area contributed by atoms with Gasteiger partial charge in [-0.15, -0.1) is 0 Å². The van der Waals surface area contributed by atoms with Gasteiger partial charge in [0.25, 0.3) is 0 Å². The van der Waals surface area contributed by atoms with E-state index in [1.165, 1.54) is 0 Å². The molecule has 0 bridgehead atoms. The van der Waals surface area contributed by atoms with Crippen molar-refractivity contribution in [2.75, 3.05) is 6.61 Å². The van der Waals surface area contributed by atoms with E-state index in [9.17, 15) is 4.79 Å². The number of pyridine rings is 1. The maximum Gasteiger partial charge on any atom is 0.309 e. The van der Waals surface area contributed by atoms with E-state index < -0.39 is 0 Å². The van der Waals surface area contributed by atoms with Gasteiger partial charge in [-0.3, -0.25) is 9.78 Å². The summed E-state index contributed by atoms with van der Waals surface area (Å²) in [6.45, 7) is 4.26. The van der Waals surface area contributed by atoms with Gasteiger partial charge in [-0.2, -0.15) is 0 Å². The Labute approximate surface area is 89.5 Å². The molecule has 1 aromatic rings. The Kier molecular flexibility index (Phi) is 2.71. The van der Waals surface area contributed by atoms with Crippen LogP contribution in [0.5, 0.6) is 0 Å². The fourth-order valence-corrected chi connectivity index (χ4v) is 1.77. The van der Waals surface area contributed by atoms with Gasteiger partial charge in [-0.1, -0.05) is 6.07 Å². The van der Waals surface area contributed by atoms with Gasteiger partial charge in [0, 0.05) is 11.9 Å². The van der Waals surface area contributed by atoms with E-state index in [0.29, 0.717) is 12.5 Å². The highest BCUT2D eigenvalue weighted by Gasteiger charge is 2.45. The van der Waals surface area contributed by atoms with E-state index in [-0.39, 0.29) is 11.9 Å². The first-order chi connectivity index (χ1) is 7.22. The number of hydrogen-bond donors (Lipinski definition) is 0. The molecule has 1 aliphatic rings. The van der Waals surface area contributed by atoms with Gasteiger partial charge in [0.05, 0.1) is 12.5 Å². The van der Waals surface area contributed by atoms with Crippen LogP contribution in [0.15, 0.2) is 18.3 Å². The molecule has 1 saturated carbocycles. The van der Waals surface area contributed by atoms with E-state index >= 15 is 0 Å². The third-order valence-electron chi connectivity index (χ3n) is 2.74. The van der Waals surface area contributed by atoms with Crippen molar-refractivity contribution < 1.29 is 9.53 Å². The lowest BCUT2D eigenvalue weighted by Gasteiger charge is -2.01. The Bertz CT molecular complexity index is 358. The Balaban J connectivity index is 1.98. The van der Waals surface area contributed by atoms with Crippen molar-refractivity contribution in [2.45, 2.75) is 26.2 Å². The van der Waals surface area contributed by atoms with Gasteiger partial charge >= 0.3 is 5.97 Å². The highest BCUT2D eigenvalue weighted by Crippen LogP contribution is 2.47. The first kappa shape index (κ1) is 10.1. The summed E-state index contributed by atoms with van der Waals surface area (Å²) >= 11 is 0. The fourth-order valence-electron chi connectivity index (χ4n) is 1.77. The molecular formula is C12H15NO2. The summed E-state index contributed by atoms with van der Waals surface area (Å²) in [4.78, 5) is 15.6. The van der Waals surface area contributed by atoms with E-state index in [4.69, 9.17) is 4.74 Å². The standard InChI is InChI=1S/C12H15NO2/c1-3-15-12(14)11-6-10(11)9-5-4-8(2)13-7-9/h4-5,7,10-11H,3,6H2,1-2H3/t10?,11-/m0/s1. The third kappa shape index (κ3) is 2.17. The van der Waals surface area contributed by atoms with Crippen molar-refractivity contribution in [1.82, 2.24) is 4.98 Å². The molecule has 3 heteroatoms. The van der Waals surface area contributed by atoms with Crippen LogP contribution >= 0.6 is 0 Å². The number of esters is 1. The average Bonchev–Trinajstić information content (AvgIpc) is 2.99. The Morgan fingerprint density at radius 2 is 2.40 bits per heavy atom. The molecule has 0 aliphatic heterocycles. The minimum absolute atomic E-state index is 0.0643. The number of aromatic nitrogens is 1. The summed E-state index contributed by atoms with van der Waals surface area (Å²) in [5.41, 5.74) is 2.16. The quantitative estimate of drug-likeness (QED) is 0.709. The number of carbonyl (C=O) groups excluding carboxylic acids is 1. The second-order valence-corrected chi connectivity index (χ2v) is 3.93. The topological polar surface area (TPSA) is 39.2 Å². The molecule has 80 valence electrons. The summed E-state index contributed by atoms with van der Waals surface area (Å²) in [7, 11) is 0. The van der Waals surface area contributed by atoms with Crippen molar-refractivity contribution in [3.8, 4) is 0 Å². The van der Waals surface area contributed by atoms with Crippen molar-refractivity contribution >= 4 is 5.97 Å². The molecule has 15 heavy (non-hydrogen) atoms. The van der Waals surface area contributed by atoms with Crippen molar-refractivity contribution in [3.05, 3.63) is 29.6 Å². The predicted molar refractivity (Wildman–Crippen MR) is 56.5 cm³/mol. The molecule has 1 aromatic heterocycles. The normalized spacial score (nSPS) is 23.6. The maximum absolute atomic E-state index is 11.4. The molecule has 2 rings (SSSR count). The lowest BCUT2D eigenvalue weighted by Crippen LogP contribution is -2.07. The maximum atomic E-state index is 11.4. The summed E-state index contributed by atoms with van der Waals surface area (Å²) in [5.74, 6) is 0.328. The SMILES string of the molecule is CCOC(=O)[C@H]1CC1c1ccc(C)nc1. The lowest BCUT2D eigenvalue weighted by atomic mass is 10.1. The monoisotopic (exact) mass is 205 g/mol. The van der Waals surface area contributed by atoms with Gasteiger partial charge in [0.2, 0.25) is 0 Å². The van der Waals surface area contributed by atoms with Crippen LogP contribution in [-0.4, -0.2) is 17.6 Å². The molecule has 1 heterocycles. The largest absolute Gasteiger partial charge is 0.466 e. The second kappa shape index (κ2) is 4.01. The molecule has 0 saturated heterocycles. The molecule has 0 radical (unpaired) electrons. The summed E-state index contributed by atoms with van der Waals surface area (Å²) in [6, 6.07) is 4.03. The number of ether oxygens (including phenoxy) is 1. The highest BCUT2D eigenvalue weighted by molar-refractivity contribution is 5.77. The number of nitrogens with zero attached hydrogens (tertiary/aromatic N) is 1. The Morgan fingerprint density at radius 1 is 1.60 bits per heavy atom. The van der Waals surface area contributed by atoms with E-state index in [0.717, 1.165) is 17.7 Å². The minimum atomic E-state index is -0.0666. The Hall–Kier alpha value is -1.38. The predicted octanol–water partition coefficient (Wildman–Crippen LogP) is 2.06. The zero-order valence-corrected chi connectivity index (χ0v) is 9.06. The van der Waals surface area contributed by atoms with Crippen LogP contribution in [-0.2, 0) is 9.53 Å². The summed E-state index contributed by atoms with van der Waals surface area (Å²) < 4.78 is 4.98. The van der Waals surface area contributed by atoms with Crippen LogP contribution in [0.4, 0.5) is 0 Å². The highest BCUT2D eigenvalue weighted by atomic mass is 16.5. The molecule has 1 aliphatic carbocycles. The first-order valence-corrected chi connectivity index (χ1v) is 5.31. The van der Waals surface area contributed by atoms with Crippen LogP contribution < -0.4 is 0 Å². The number of hydrogen-bond acceptors (Lipinski definition) is 3. The van der Waals surface area contributed by atoms with Crippen LogP contribution in [0.3, 0.4) is 0 Å². The molecular weight excluding hydrogens is 190 g/mol. The first-order valence-electron chi connectivity index (χ1n) is 5.31. The molecule has 2 atom stereocenters. The van der Waals surface area contributed by atoms with Crippen LogP contribution in [0, 0.1) is 12.8 Å². The van der Waals surface area contributed by atoms with E-state index in [2.05, 4.69) is 4.98 Å². The van der Waals surface area contributed by atoms with Crippen LogP contribution in [0.2, 0.25) is 0 Å². The van der Waals surface area contributed by atoms with Gasteiger partial charge in [0.1, 0.15) is 0 Å². The minimum Gasteiger partial charge on any atom is -0.466 e. The van der Waals surface area contributed by atoms with Crippen molar-refractivity contribution in [1.29, 1.82) is 0 Å². The lowest BCUT2D eigenvalue weighted by molar-refractivity contribution is -0.144. The zero-order chi connectivity index (χ0) is 10.8. The van der Waals surface area contributed by atoms with Crippen LogP contribution in [0.25, 0.3) is 0 Å². The van der Waals surface area contributed by atoms with Gasteiger partial charge < -0.3 is 4.74 Å². The van der Waals surface area contributed by atoms with Gasteiger partial charge in [-0.25, -0.2) is 0 Å². The number of aryl methyl sites for hydroxylation is 1. The zero-order valence-electron chi connectivity index (χ0n) is 9.06. The number of rotatable bonds is 3. The molecule has 3 nitrogen and oxygen atoms in total. The Morgan fingerprint density at radius 3 is 3.00 bits per heavy atom. The third-order valence-corrected chi connectivity index (χ3v) is 2.74. The van der Waals surface area contributed by atoms with E-state index in [1.807, 2.05) is 32.2 Å². The smallest absolute Gasteiger partial charge is 0.309 e. The van der Waals surface area contributed by atoms with Gasteiger partial charge in [-0.05, 0) is 37.8 Å². The van der Waals surface area contributed by atoms with Crippen molar-refractivity contribution in [3.63, 3.8) is 0 Å². The number of carbonyl (C=O) groups is 1. The fraction of sp³-hybridized carbons (Fsp3) is 0.500. The summed E-state index contributed by atoms with van der Waals surface area (Å²) in [5, 5.41) is 0. The molecule has 1 fully saturated rings. The molecule has 0 amide bonds. The van der Waals surface area contributed by atoms with Crippen LogP contribution in [0.1, 0.15) is 30.5 Å². The second-order valence-electron chi connectivity index (χ2n) is 3.93. The summed E-state index contributed by atoms with van der Waals surface area (Å²) in [6.07, 6.45) is 2.77. The van der Waals surface area contributed by atoms with Crippen molar-refractivity contribution in [2.24, 2.45) is 5.92 Å². The molecule has 0 aromatic carbocycles. The van der Waals surface area contributed by atoms with E-state index in [1.54, 1.807) is 0 Å². The molecule has 1 unspecified atom stereocenters. The molecule has 0 N–H and O–H groups in total.